The fraction of sp³-hybridized carbons (Fsp3) is 0.286. The van der Waals surface area contributed by atoms with Crippen molar-refractivity contribution in [3.63, 3.8) is 0 Å². The Morgan fingerprint density at radius 2 is 1.52 bits per heavy atom. The van der Waals surface area contributed by atoms with Gasteiger partial charge in [-0.25, -0.2) is 4.39 Å². The van der Waals surface area contributed by atoms with Crippen LogP contribution in [-0.4, -0.2) is 28.8 Å². The van der Waals surface area contributed by atoms with Crippen molar-refractivity contribution in [2.45, 2.75) is 52.2 Å². The van der Waals surface area contributed by atoms with Crippen LogP contribution in [0.15, 0.2) is 78.9 Å². The second-order valence-electron chi connectivity index (χ2n) is 8.62. The summed E-state index contributed by atoms with van der Waals surface area (Å²) in [6.07, 6.45) is 0.493. The Hall–Kier alpha value is -3.47. The Kier molecular flexibility index (Phi) is 8.36. The first-order valence-electron chi connectivity index (χ1n) is 11.3. The molecule has 0 radical (unpaired) electrons. The highest BCUT2D eigenvalue weighted by molar-refractivity contribution is 5.89. The molecule has 4 nitrogen and oxygen atoms in total. The Morgan fingerprint density at radius 1 is 0.879 bits per heavy atom. The lowest BCUT2D eigenvalue weighted by atomic mass is 10.00. The van der Waals surface area contributed by atoms with Crippen LogP contribution < -0.4 is 5.32 Å². The lowest BCUT2D eigenvalue weighted by Gasteiger charge is -2.32. The summed E-state index contributed by atoms with van der Waals surface area (Å²) in [6, 6.07) is 22.8. The topological polar surface area (TPSA) is 49.4 Å². The van der Waals surface area contributed by atoms with E-state index < -0.39 is 6.04 Å². The molecule has 0 bridgehead atoms. The Labute approximate surface area is 195 Å². The van der Waals surface area contributed by atoms with E-state index in [-0.39, 0.29) is 30.1 Å². The number of aryl methyl sites for hydroxylation is 1. The van der Waals surface area contributed by atoms with Gasteiger partial charge in [-0.3, -0.25) is 9.59 Å². The molecule has 0 spiro atoms. The average molecular weight is 447 g/mol. The van der Waals surface area contributed by atoms with Gasteiger partial charge in [-0.1, -0.05) is 66.7 Å². The number of carbonyl (C=O) groups is 2. The van der Waals surface area contributed by atoms with Crippen molar-refractivity contribution in [1.29, 1.82) is 0 Å². The van der Waals surface area contributed by atoms with Gasteiger partial charge >= 0.3 is 0 Å². The Balaban J connectivity index is 1.97. The average Bonchev–Trinajstić information content (AvgIpc) is 2.79. The first kappa shape index (κ1) is 24.2. The monoisotopic (exact) mass is 446 g/mol. The number of benzene rings is 3. The zero-order chi connectivity index (χ0) is 23.8. The van der Waals surface area contributed by atoms with Crippen LogP contribution in [0.3, 0.4) is 0 Å². The summed E-state index contributed by atoms with van der Waals surface area (Å²) in [6.45, 7) is 6.13. The normalized spacial score (nSPS) is 11.8. The zero-order valence-corrected chi connectivity index (χ0v) is 19.4. The predicted octanol–water partition coefficient (Wildman–Crippen LogP) is 4.84. The van der Waals surface area contributed by atoms with Crippen molar-refractivity contribution in [3.05, 3.63) is 107 Å². The van der Waals surface area contributed by atoms with Crippen molar-refractivity contribution in [2.75, 3.05) is 0 Å². The van der Waals surface area contributed by atoms with Gasteiger partial charge in [0.05, 0.1) is 6.42 Å². The van der Waals surface area contributed by atoms with Crippen molar-refractivity contribution in [1.82, 2.24) is 10.2 Å². The first-order chi connectivity index (χ1) is 15.8. The number of nitrogens with zero attached hydrogens (tertiary/aromatic N) is 1. The lowest BCUT2D eigenvalue weighted by molar-refractivity contribution is -0.141. The maximum atomic E-state index is 13.6. The summed E-state index contributed by atoms with van der Waals surface area (Å²) in [5.74, 6) is -0.708. The number of amides is 2. The van der Waals surface area contributed by atoms with E-state index >= 15 is 0 Å². The molecule has 2 amide bonds. The SMILES string of the molecule is Cc1ccccc1CN(C(=O)Cc1ccc(F)cc1)[C@H](Cc1ccccc1)C(=O)NC(C)C. The van der Waals surface area contributed by atoms with Crippen LogP contribution in [0.5, 0.6) is 0 Å². The molecule has 0 aliphatic heterocycles. The molecule has 0 aliphatic rings. The molecule has 33 heavy (non-hydrogen) atoms. The number of hydrogen-bond donors (Lipinski definition) is 1. The molecule has 1 N–H and O–H groups in total. The molecule has 3 aromatic rings. The fourth-order valence-corrected chi connectivity index (χ4v) is 3.78. The second-order valence-corrected chi connectivity index (χ2v) is 8.62. The maximum Gasteiger partial charge on any atom is 0.243 e. The van der Waals surface area contributed by atoms with Gasteiger partial charge in [0, 0.05) is 19.0 Å². The number of halogens is 1. The highest BCUT2D eigenvalue weighted by Crippen LogP contribution is 2.18. The van der Waals surface area contributed by atoms with Gasteiger partial charge in [-0.2, -0.15) is 0 Å². The van der Waals surface area contributed by atoms with Gasteiger partial charge in [0.2, 0.25) is 11.8 Å². The molecule has 1 atom stereocenters. The number of carbonyl (C=O) groups excluding carboxylic acids is 2. The van der Waals surface area contributed by atoms with Gasteiger partial charge in [0.25, 0.3) is 0 Å². The zero-order valence-electron chi connectivity index (χ0n) is 19.4. The molecule has 0 fully saturated rings. The van der Waals surface area contributed by atoms with E-state index in [1.54, 1.807) is 17.0 Å². The van der Waals surface area contributed by atoms with Gasteiger partial charge in [-0.15, -0.1) is 0 Å². The van der Waals surface area contributed by atoms with E-state index in [0.29, 0.717) is 18.5 Å². The highest BCUT2D eigenvalue weighted by atomic mass is 19.1. The number of hydrogen-bond acceptors (Lipinski definition) is 2. The van der Waals surface area contributed by atoms with Crippen LogP contribution in [0.4, 0.5) is 4.39 Å². The van der Waals surface area contributed by atoms with Gasteiger partial charge in [0.1, 0.15) is 11.9 Å². The summed E-state index contributed by atoms with van der Waals surface area (Å²) in [7, 11) is 0. The quantitative estimate of drug-likeness (QED) is 0.511. The molecule has 3 rings (SSSR count). The molecule has 0 saturated heterocycles. The van der Waals surface area contributed by atoms with E-state index in [9.17, 15) is 14.0 Å². The third-order valence-corrected chi connectivity index (χ3v) is 5.57. The summed E-state index contributed by atoms with van der Waals surface area (Å²) >= 11 is 0. The summed E-state index contributed by atoms with van der Waals surface area (Å²) in [4.78, 5) is 28.6. The van der Waals surface area contributed by atoms with E-state index in [0.717, 1.165) is 16.7 Å². The van der Waals surface area contributed by atoms with E-state index in [1.807, 2.05) is 75.4 Å². The largest absolute Gasteiger partial charge is 0.352 e. The van der Waals surface area contributed by atoms with Crippen LogP contribution in [-0.2, 0) is 29.0 Å². The van der Waals surface area contributed by atoms with Crippen molar-refractivity contribution < 1.29 is 14.0 Å². The minimum Gasteiger partial charge on any atom is -0.352 e. The Morgan fingerprint density at radius 3 is 2.15 bits per heavy atom. The number of rotatable bonds is 9. The Bertz CT molecular complexity index is 1060. The van der Waals surface area contributed by atoms with Crippen LogP contribution in [0.1, 0.15) is 36.1 Å². The second kappa shape index (κ2) is 11.4. The molecular weight excluding hydrogens is 415 g/mol. The first-order valence-corrected chi connectivity index (χ1v) is 11.3. The van der Waals surface area contributed by atoms with Crippen LogP contribution >= 0.6 is 0 Å². The lowest BCUT2D eigenvalue weighted by Crippen LogP contribution is -2.52. The molecule has 3 aromatic carbocycles. The van der Waals surface area contributed by atoms with Crippen molar-refractivity contribution in [3.8, 4) is 0 Å². The van der Waals surface area contributed by atoms with Gasteiger partial charge in [-0.05, 0) is 55.2 Å². The van der Waals surface area contributed by atoms with E-state index in [2.05, 4.69) is 5.32 Å². The minimum absolute atomic E-state index is 0.0525. The smallest absolute Gasteiger partial charge is 0.243 e. The molecule has 0 aromatic heterocycles. The standard InChI is InChI=1S/C28H31FN2O2/c1-20(2)30-28(33)26(17-22-10-5-4-6-11-22)31(19-24-12-8-7-9-21(24)3)27(32)18-23-13-15-25(29)16-14-23/h4-16,20,26H,17-19H2,1-3H3,(H,30,33)/t26-/m1/s1. The third kappa shape index (κ3) is 7.01. The van der Waals surface area contributed by atoms with Crippen LogP contribution in [0, 0.1) is 12.7 Å². The van der Waals surface area contributed by atoms with Crippen molar-refractivity contribution in [2.24, 2.45) is 0 Å². The summed E-state index contributed by atoms with van der Waals surface area (Å²) < 4.78 is 13.4. The molecule has 0 heterocycles. The summed E-state index contributed by atoms with van der Waals surface area (Å²) in [5.41, 5.74) is 3.73. The minimum atomic E-state index is -0.678. The molecule has 5 heteroatoms. The summed E-state index contributed by atoms with van der Waals surface area (Å²) in [5, 5.41) is 2.99. The molecule has 172 valence electrons. The van der Waals surface area contributed by atoms with Crippen molar-refractivity contribution >= 4 is 11.8 Å². The van der Waals surface area contributed by atoms with E-state index in [4.69, 9.17) is 0 Å². The highest BCUT2D eigenvalue weighted by Gasteiger charge is 2.31. The maximum absolute atomic E-state index is 13.6. The fourth-order valence-electron chi connectivity index (χ4n) is 3.78. The molecule has 0 saturated carbocycles. The van der Waals surface area contributed by atoms with Gasteiger partial charge < -0.3 is 10.2 Å². The van der Waals surface area contributed by atoms with Gasteiger partial charge in [0.15, 0.2) is 0 Å². The molecule has 0 aliphatic carbocycles. The third-order valence-electron chi connectivity index (χ3n) is 5.57. The van der Waals surface area contributed by atoms with E-state index in [1.165, 1.54) is 12.1 Å². The molecular formula is C28H31FN2O2. The number of nitrogens with one attached hydrogen (secondary N) is 1. The predicted molar refractivity (Wildman–Crippen MR) is 129 cm³/mol. The van der Waals surface area contributed by atoms with Crippen LogP contribution in [0.25, 0.3) is 0 Å². The molecule has 0 unspecified atom stereocenters. The van der Waals surface area contributed by atoms with Crippen LogP contribution in [0.2, 0.25) is 0 Å².